The van der Waals surface area contributed by atoms with E-state index in [0.717, 1.165) is 15.9 Å². The van der Waals surface area contributed by atoms with Crippen molar-refractivity contribution < 1.29 is 0 Å². The standard InChI is InChI=1S/C13H13BrN2S/c1-9-4-10(7-16-6-9)8-17-13-3-2-11(15)5-12(13)14/h2-7H,8,15H2,1H3. The first-order valence-corrected chi connectivity index (χ1v) is 7.01. The number of rotatable bonds is 3. The Morgan fingerprint density at radius 3 is 2.82 bits per heavy atom. The fraction of sp³-hybridized carbons (Fsp3) is 0.154. The lowest BCUT2D eigenvalue weighted by Gasteiger charge is -2.05. The third-order valence-electron chi connectivity index (χ3n) is 2.28. The van der Waals surface area contributed by atoms with E-state index in [-0.39, 0.29) is 0 Å². The zero-order valence-electron chi connectivity index (χ0n) is 9.48. The molecule has 0 amide bonds. The molecule has 2 aromatic rings. The molecule has 88 valence electrons. The summed E-state index contributed by atoms with van der Waals surface area (Å²) in [5.41, 5.74) is 8.91. The highest BCUT2D eigenvalue weighted by atomic mass is 79.9. The average molecular weight is 309 g/mol. The topological polar surface area (TPSA) is 38.9 Å². The SMILES string of the molecule is Cc1cncc(CSc2ccc(N)cc2Br)c1. The van der Waals surface area contributed by atoms with Gasteiger partial charge in [-0.05, 0) is 52.2 Å². The molecular formula is C13H13BrN2S. The Labute approximate surface area is 114 Å². The lowest BCUT2D eigenvalue weighted by atomic mass is 10.2. The summed E-state index contributed by atoms with van der Waals surface area (Å²) in [6.45, 7) is 2.06. The van der Waals surface area contributed by atoms with E-state index in [2.05, 4.69) is 33.9 Å². The molecule has 0 saturated heterocycles. The molecule has 0 radical (unpaired) electrons. The molecule has 0 bridgehead atoms. The summed E-state index contributed by atoms with van der Waals surface area (Å²) in [6, 6.07) is 8.04. The number of aromatic nitrogens is 1. The molecule has 4 heteroatoms. The normalized spacial score (nSPS) is 10.5. The summed E-state index contributed by atoms with van der Waals surface area (Å²) in [5.74, 6) is 0.914. The van der Waals surface area contributed by atoms with Crippen LogP contribution in [0.4, 0.5) is 5.69 Å². The second-order valence-corrected chi connectivity index (χ2v) is 5.72. The average Bonchev–Trinajstić information content (AvgIpc) is 2.28. The summed E-state index contributed by atoms with van der Waals surface area (Å²) in [5, 5.41) is 0. The number of anilines is 1. The lowest BCUT2D eigenvalue weighted by molar-refractivity contribution is 1.20. The van der Waals surface area contributed by atoms with Gasteiger partial charge in [0.25, 0.3) is 0 Å². The largest absolute Gasteiger partial charge is 0.399 e. The van der Waals surface area contributed by atoms with Gasteiger partial charge in [0.1, 0.15) is 0 Å². The van der Waals surface area contributed by atoms with E-state index in [4.69, 9.17) is 5.73 Å². The van der Waals surface area contributed by atoms with Crippen molar-refractivity contribution in [1.29, 1.82) is 0 Å². The third kappa shape index (κ3) is 3.48. The number of benzene rings is 1. The molecule has 0 fully saturated rings. The number of hydrogen-bond acceptors (Lipinski definition) is 3. The highest BCUT2D eigenvalue weighted by Crippen LogP contribution is 2.31. The number of thioether (sulfide) groups is 1. The molecule has 0 saturated carbocycles. The molecule has 0 aliphatic carbocycles. The van der Waals surface area contributed by atoms with E-state index in [1.807, 2.05) is 30.6 Å². The van der Waals surface area contributed by atoms with Gasteiger partial charge in [0.2, 0.25) is 0 Å². The van der Waals surface area contributed by atoms with E-state index < -0.39 is 0 Å². The van der Waals surface area contributed by atoms with Crippen molar-refractivity contribution in [3.8, 4) is 0 Å². The molecule has 2 nitrogen and oxygen atoms in total. The van der Waals surface area contributed by atoms with Crippen molar-refractivity contribution >= 4 is 33.4 Å². The van der Waals surface area contributed by atoms with Crippen molar-refractivity contribution in [3.05, 3.63) is 52.3 Å². The summed E-state index contributed by atoms with van der Waals surface area (Å²) in [7, 11) is 0. The molecule has 2 rings (SSSR count). The minimum atomic E-state index is 0.776. The highest BCUT2D eigenvalue weighted by molar-refractivity contribution is 9.10. The zero-order valence-corrected chi connectivity index (χ0v) is 11.9. The summed E-state index contributed by atoms with van der Waals surface area (Å²) >= 11 is 5.29. The van der Waals surface area contributed by atoms with E-state index in [1.165, 1.54) is 16.0 Å². The van der Waals surface area contributed by atoms with Crippen molar-refractivity contribution in [1.82, 2.24) is 4.98 Å². The van der Waals surface area contributed by atoms with Gasteiger partial charge in [-0.15, -0.1) is 11.8 Å². The second-order valence-electron chi connectivity index (χ2n) is 3.85. The Morgan fingerprint density at radius 2 is 2.12 bits per heavy atom. The molecule has 1 heterocycles. The van der Waals surface area contributed by atoms with Crippen LogP contribution in [0.15, 0.2) is 46.0 Å². The Balaban J connectivity index is 2.07. The zero-order chi connectivity index (χ0) is 12.3. The van der Waals surface area contributed by atoms with Crippen LogP contribution in [0.5, 0.6) is 0 Å². The first-order chi connectivity index (χ1) is 8.15. The molecule has 17 heavy (non-hydrogen) atoms. The van der Waals surface area contributed by atoms with Crippen molar-refractivity contribution in [2.24, 2.45) is 0 Å². The monoisotopic (exact) mass is 308 g/mol. The van der Waals surface area contributed by atoms with Gasteiger partial charge in [0.05, 0.1) is 0 Å². The molecule has 0 spiro atoms. The molecule has 0 aliphatic heterocycles. The third-order valence-corrected chi connectivity index (χ3v) is 4.35. The molecule has 0 aliphatic rings. The maximum absolute atomic E-state index is 5.71. The van der Waals surface area contributed by atoms with Crippen LogP contribution >= 0.6 is 27.7 Å². The maximum atomic E-state index is 5.71. The smallest absolute Gasteiger partial charge is 0.0331 e. The first kappa shape index (κ1) is 12.5. The van der Waals surface area contributed by atoms with Crippen LogP contribution in [0, 0.1) is 6.92 Å². The number of nitrogen functional groups attached to an aromatic ring is 1. The van der Waals surface area contributed by atoms with Crippen LogP contribution in [-0.2, 0) is 5.75 Å². The molecule has 1 aromatic carbocycles. The minimum Gasteiger partial charge on any atom is -0.399 e. The maximum Gasteiger partial charge on any atom is 0.0331 e. The van der Waals surface area contributed by atoms with Gasteiger partial charge in [-0.25, -0.2) is 0 Å². The number of nitrogens with zero attached hydrogens (tertiary/aromatic N) is 1. The number of aryl methyl sites for hydroxylation is 1. The quantitative estimate of drug-likeness (QED) is 0.687. The van der Waals surface area contributed by atoms with Crippen LogP contribution < -0.4 is 5.73 Å². The van der Waals surface area contributed by atoms with Gasteiger partial charge < -0.3 is 5.73 Å². The molecule has 1 aromatic heterocycles. The van der Waals surface area contributed by atoms with Gasteiger partial charge in [-0.2, -0.15) is 0 Å². The Morgan fingerprint density at radius 1 is 1.29 bits per heavy atom. The highest BCUT2D eigenvalue weighted by Gasteiger charge is 2.02. The molecular weight excluding hydrogens is 296 g/mol. The van der Waals surface area contributed by atoms with Crippen LogP contribution in [0.2, 0.25) is 0 Å². The van der Waals surface area contributed by atoms with E-state index in [1.54, 1.807) is 11.8 Å². The lowest BCUT2D eigenvalue weighted by Crippen LogP contribution is -1.87. The van der Waals surface area contributed by atoms with Crippen molar-refractivity contribution in [2.75, 3.05) is 5.73 Å². The van der Waals surface area contributed by atoms with Gasteiger partial charge in [-0.1, -0.05) is 6.07 Å². The Bertz CT molecular complexity index is 529. The van der Waals surface area contributed by atoms with Crippen LogP contribution in [0.3, 0.4) is 0 Å². The predicted octanol–water partition coefficient (Wildman–Crippen LogP) is 4.03. The number of halogens is 1. The number of hydrogen-bond donors (Lipinski definition) is 1. The van der Waals surface area contributed by atoms with Crippen LogP contribution in [0.1, 0.15) is 11.1 Å². The molecule has 2 N–H and O–H groups in total. The van der Waals surface area contributed by atoms with Crippen LogP contribution in [0.25, 0.3) is 0 Å². The Hall–Kier alpha value is -1.00. The number of pyridine rings is 1. The minimum absolute atomic E-state index is 0.776. The van der Waals surface area contributed by atoms with Gasteiger partial charge in [-0.3, -0.25) is 4.98 Å². The fourth-order valence-corrected chi connectivity index (χ4v) is 3.07. The predicted molar refractivity (Wildman–Crippen MR) is 77.1 cm³/mol. The van der Waals surface area contributed by atoms with Crippen molar-refractivity contribution in [2.45, 2.75) is 17.6 Å². The van der Waals surface area contributed by atoms with Gasteiger partial charge >= 0.3 is 0 Å². The van der Waals surface area contributed by atoms with Crippen LogP contribution in [-0.4, -0.2) is 4.98 Å². The first-order valence-electron chi connectivity index (χ1n) is 5.23. The molecule has 0 atom stereocenters. The van der Waals surface area contributed by atoms with E-state index >= 15 is 0 Å². The Kier molecular flexibility index (Phi) is 4.07. The van der Waals surface area contributed by atoms with E-state index in [0.29, 0.717) is 0 Å². The van der Waals surface area contributed by atoms with Gasteiger partial charge in [0.15, 0.2) is 0 Å². The number of nitrogens with two attached hydrogens (primary N) is 1. The molecule has 0 unspecified atom stereocenters. The summed E-state index contributed by atoms with van der Waals surface area (Å²) < 4.78 is 1.04. The summed E-state index contributed by atoms with van der Waals surface area (Å²) in [6.07, 6.45) is 3.78. The van der Waals surface area contributed by atoms with E-state index in [9.17, 15) is 0 Å². The second kappa shape index (κ2) is 5.56. The fourth-order valence-electron chi connectivity index (χ4n) is 1.49. The van der Waals surface area contributed by atoms with Crippen molar-refractivity contribution in [3.63, 3.8) is 0 Å². The summed E-state index contributed by atoms with van der Waals surface area (Å²) in [4.78, 5) is 5.38. The van der Waals surface area contributed by atoms with Gasteiger partial charge in [0, 0.05) is 33.2 Å².